The number of guanidine groups is 1. The first-order valence-electron chi connectivity index (χ1n) is 9.39. The number of aryl methyl sites for hydroxylation is 1. The highest BCUT2D eigenvalue weighted by molar-refractivity contribution is 14.0. The van der Waals surface area contributed by atoms with Crippen molar-refractivity contribution in [1.29, 1.82) is 0 Å². The van der Waals surface area contributed by atoms with E-state index in [0.29, 0.717) is 13.1 Å². The Morgan fingerprint density at radius 2 is 2.04 bits per heavy atom. The SMILES string of the molecule is CCNC(=NCCC(C)N(C)C(=O)OC(C)(C)C)N(C)Cc1csc(C)n1.I. The van der Waals surface area contributed by atoms with Crippen molar-refractivity contribution in [2.75, 3.05) is 27.2 Å². The quantitative estimate of drug-likeness (QED) is 0.330. The molecule has 162 valence electrons. The highest BCUT2D eigenvalue weighted by atomic mass is 127. The van der Waals surface area contributed by atoms with E-state index in [1.807, 2.05) is 41.7 Å². The van der Waals surface area contributed by atoms with Crippen molar-refractivity contribution in [2.24, 2.45) is 4.99 Å². The third-order valence-electron chi connectivity index (χ3n) is 3.91. The highest BCUT2D eigenvalue weighted by Crippen LogP contribution is 2.12. The fraction of sp³-hybridized carbons (Fsp3) is 0.737. The van der Waals surface area contributed by atoms with E-state index in [-0.39, 0.29) is 36.1 Å². The molecule has 0 bridgehead atoms. The summed E-state index contributed by atoms with van der Waals surface area (Å²) in [6.45, 7) is 13.8. The highest BCUT2D eigenvalue weighted by Gasteiger charge is 2.22. The van der Waals surface area contributed by atoms with Gasteiger partial charge in [-0.1, -0.05) is 0 Å². The molecule has 7 nitrogen and oxygen atoms in total. The lowest BCUT2D eigenvalue weighted by atomic mass is 10.2. The lowest BCUT2D eigenvalue weighted by Crippen LogP contribution is -2.40. The van der Waals surface area contributed by atoms with Crippen molar-refractivity contribution in [3.63, 3.8) is 0 Å². The van der Waals surface area contributed by atoms with Gasteiger partial charge in [0.15, 0.2) is 5.96 Å². The standard InChI is InChI=1S/C19H35N5O2S.HI/c1-9-20-17(23(7)12-16-13-27-15(3)22-16)21-11-10-14(2)24(8)18(25)26-19(4,5)6;/h13-14H,9-12H2,1-8H3,(H,20,21);1H. The summed E-state index contributed by atoms with van der Waals surface area (Å²) in [5.74, 6) is 0.843. The number of hydrogen-bond acceptors (Lipinski definition) is 5. The van der Waals surface area contributed by atoms with Crippen molar-refractivity contribution in [3.05, 3.63) is 16.1 Å². The molecule has 0 fully saturated rings. The summed E-state index contributed by atoms with van der Waals surface area (Å²) in [6, 6.07) is 0.0398. The summed E-state index contributed by atoms with van der Waals surface area (Å²) in [6.07, 6.45) is 0.454. The smallest absolute Gasteiger partial charge is 0.410 e. The molecule has 28 heavy (non-hydrogen) atoms. The largest absolute Gasteiger partial charge is 0.444 e. The monoisotopic (exact) mass is 525 g/mol. The Labute approximate surface area is 191 Å². The second-order valence-electron chi connectivity index (χ2n) is 7.68. The minimum Gasteiger partial charge on any atom is -0.444 e. The number of halogens is 1. The number of amides is 1. The summed E-state index contributed by atoms with van der Waals surface area (Å²) >= 11 is 1.66. The van der Waals surface area contributed by atoms with E-state index >= 15 is 0 Å². The Morgan fingerprint density at radius 1 is 1.39 bits per heavy atom. The first-order valence-corrected chi connectivity index (χ1v) is 10.3. The molecule has 1 heterocycles. The number of carbonyl (C=O) groups excluding carboxylic acids is 1. The van der Waals surface area contributed by atoms with Gasteiger partial charge in [-0.05, 0) is 48.0 Å². The minimum absolute atomic E-state index is 0. The number of carbonyl (C=O) groups is 1. The lowest BCUT2D eigenvalue weighted by Gasteiger charge is -2.28. The van der Waals surface area contributed by atoms with Gasteiger partial charge in [-0.15, -0.1) is 35.3 Å². The molecule has 0 aliphatic carbocycles. The van der Waals surface area contributed by atoms with Gasteiger partial charge in [0.1, 0.15) is 5.60 Å². The van der Waals surface area contributed by atoms with Crippen LogP contribution in [0.4, 0.5) is 4.79 Å². The summed E-state index contributed by atoms with van der Waals surface area (Å²) in [7, 11) is 3.77. The number of thiazole rings is 1. The molecule has 0 aliphatic heterocycles. The Kier molecular flexibility index (Phi) is 12.0. The summed E-state index contributed by atoms with van der Waals surface area (Å²) in [5, 5.41) is 6.46. The van der Waals surface area contributed by atoms with E-state index < -0.39 is 5.60 Å². The maximum Gasteiger partial charge on any atom is 0.410 e. The van der Waals surface area contributed by atoms with Gasteiger partial charge >= 0.3 is 6.09 Å². The Hall–Kier alpha value is -1.10. The Bertz CT molecular complexity index is 630. The Morgan fingerprint density at radius 3 is 2.54 bits per heavy atom. The summed E-state index contributed by atoms with van der Waals surface area (Å²) < 4.78 is 5.42. The van der Waals surface area contributed by atoms with Crippen LogP contribution in [0.15, 0.2) is 10.4 Å². The fourth-order valence-electron chi connectivity index (χ4n) is 2.33. The molecule has 0 saturated carbocycles. The van der Waals surface area contributed by atoms with Crippen LogP contribution in [0.3, 0.4) is 0 Å². The molecule has 1 N–H and O–H groups in total. The van der Waals surface area contributed by atoms with Crippen molar-refractivity contribution >= 4 is 47.4 Å². The van der Waals surface area contributed by atoms with Crippen LogP contribution in [0.25, 0.3) is 0 Å². The second-order valence-corrected chi connectivity index (χ2v) is 8.74. The maximum absolute atomic E-state index is 12.2. The zero-order chi connectivity index (χ0) is 20.6. The van der Waals surface area contributed by atoms with E-state index in [1.54, 1.807) is 23.3 Å². The summed E-state index contributed by atoms with van der Waals surface area (Å²) in [5.41, 5.74) is 0.557. The molecular formula is C19H36IN5O2S. The van der Waals surface area contributed by atoms with Gasteiger partial charge in [0.25, 0.3) is 0 Å². The third-order valence-corrected chi connectivity index (χ3v) is 4.74. The van der Waals surface area contributed by atoms with Crippen LogP contribution in [0.1, 0.15) is 51.7 Å². The minimum atomic E-state index is -0.488. The van der Waals surface area contributed by atoms with Crippen LogP contribution < -0.4 is 5.32 Å². The van der Waals surface area contributed by atoms with Gasteiger partial charge < -0.3 is 19.9 Å². The van der Waals surface area contributed by atoms with Crippen molar-refractivity contribution in [1.82, 2.24) is 20.1 Å². The molecule has 1 aromatic rings. The number of nitrogens with one attached hydrogen (secondary N) is 1. The van der Waals surface area contributed by atoms with E-state index in [1.165, 1.54) is 0 Å². The number of rotatable bonds is 7. The normalized spacial score (nSPS) is 12.8. The zero-order valence-corrected chi connectivity index (χ0v) is 21.6. The van der Waals surface area contributed by atoms with E-state index in [2.05, 4.69) is 27.5 Å². The third kappa shape index (κ3) is 9.90. The molecule has 9 heteroatoms. The predicted molar refractivity (Wildman–Crippen MR) is 128 cm³/mol. The molecular weight excluding hydrogens is 489 g/mol. The molecule has 0 aliphatic rings. The first kappa shape index (κ1) is 26.9. The predicted octanol–water partition coefficient (Wildman–Crippen LogP) is 4.11. The Balaban J connectivity index is 0.00000729. The first-order chi connectivity index (χ1) is 12.5. The van der Waals surface area contributed by atoms with Gasteiger partial charge in [-0.3, -0.25) is 4.99 Å². The van der Waals surface area contributed by atoms with E-state index in [9.17, 15) is 4.79 Å². The molecule has 1 aromatic heterocycles. The number of aromatic nitrogens is 1. The van der Waals surface area contributed by atoms with Crippen LogP contribution in [0.5, 0.6) is 0 Å². The molecule has 0 spiro atoms. The van der Waals surface area contributed by atoms with Crippen LogP contribution >= 0.6 is 35.3 Å². The lowest BCUT2D eigenvalue weighted by molar-refractivity contribution is 0.0231. The van der Waals surface area contributed by atoms with Crippen LogP contribution in [0.2, 0.25) is 0 Å². The molecule has 0 radical (unpaired) electrons. The van der Waals surface area contributed by atoms with Gasteiger partial charge in [0.05, 0.1) is 17.2 Å². The molecule has 0 aromatic carbocycles. The average Bonchev–Trinajstić information content (AvgIpc) is 2.96. The van der Waals surface area contributed by atoms with Gasteiger partial charge in [-0.2, -0.15) is 0 Å². The topological polar surface area (TPSA) is 70.1 Å². The van der Waals surface area contributed by atoms with E-state index in [4.69, 9.17) is 9.73 Å². The van der Waals surface area contributed by atoms with Crippen LogP contribution in [-0.4, -0.2) is 65.7 Å². The van der Waals surface area contributed by atoms with Crippen molar-refractivity contribution < 1.29 is 9.53 Å². The van der Waals surface area contributed by atoms with Gasteiger partial charge in [0.2, 0.25) is 0 Å². The molecule has 0 saturated heterocycles. The molecule has 1 unspecified atom stereocenters. The number of aliphatic imine (C=N–C) groups is 1. The molecule has 1 atom stereocenters. The number of nitrogens with zero attached hydrogens (tertiary/aromatic N) is 4. The fourth-order valence-corrected chi connectivity index (χ4v) is 2.94. The van der Waals surface area contributed by atoms with Crippen molar-refractivity contribution in [2.45, 2.75) is 66.2 Å². The molecule has 1 amide bonds. The van der Waals surface area contributed by atoms with E-state index in [0.717, 1.165) is 29.6 Å². The molecule has 1 rings (SSSR count). The summed E-state index contributed by atoms with van der Waals surface area (Å²) in [4.78, 5) is 25.1. The maximum atomic E-state index is 12.2. The van der Waals surface area contributed by atoms with Gasteiger partial charge in [-0.25, -0.2) is 9.78 Å². The van der Waals surface area contributed by atoms with Crippen LogP contribution in [0, 0.1) is 6.92 Å². The van der Waals surface area contributed by atoms with Gasteiger partial charge in [0, 0.05) is 38.6 Å². The second kappa shape index (κ2) is 12.5. The number of ether oxygens (including phenoxy) is 1. The average molecular weight is 526 g/mol. The number of hydrogen-bond donors (Lipinski definition) is 1. The van der Waals surface area contributed by atoms with Crippen LogP contribution in [-0.2, 0) is 11.3 Å². The zero-order valence-electron chi connectivity index (χ0n) is 18.4. The van der Waals surface area contributed by atoms with Crippen molar-refractivity contribution in [3.8, 4) is 0 Å².